The second-order valence-electron chi connectivity index (χ2n) is 7.23. The molecule has 0 radical (unpaired) electrons. The van der Waals surface area contributed by atoms with Gasteiger partial charge in [-0.05, 0) is 54.4 Å². The van der Waals surface area contributed by atoms with Gasteiger partial charge in [0.05, 0.1) is 0 Å². The Balaban J connectivity index is 1.65. The van der Waals surface area contributed by atoms with Crippen LogP contribution in [0.15, 0.2) is 30.3 Å². The Hall–Kier alpha value is -0.780. The Morgan fingerprint density at radius 3 is 2.42 bits per heavy atom. The van der Waals surface area contributed by atoms with Crippen molar-refractivity contribution in [3.8, 4) is 0 Å². The SMILES string of the molecule is c1ccc(C2CCCC3CC4CCCCC4C32)cc1. The molecule has 0 heteroatoms. The molecule has 0 saturated heterocycles. The van der Waals surface area contributed by atoms with Gasteiger partial charge in [0, 0.05) is 0 Å². The first-order chi connectivity index (χ1) is 9.43. The van der Waals surface area contributed by atoms with E-state index in [-0.39, 0.29) is 0 Å². The van der Waals surface area contributed by atoms with Gasteiger partial charge in [-0.25, -0.2) is 0 Å². The highest BCUT2D eigenvalue weighted by molar-refractivity contribution is 5.22. The molecule has 1 aromatic rings. The molecule has 0 amide bonds. The first-order valence-electron chi connectivity index (χ1n) is 8.48. The van der Waals surface area contributed by atoms with Gasteiger partial charge in [-0.3, -0.25) is 0 Å². The first kappa shape index (κ1) is 12.0. The quantitative estimate of drug-likeness (QED) is 0.629. The fourth-order valence-corrected chi connectivity index (χ4v) is 5.75. The van der Waals surface area contributed by atoms with Crippen LogP contribution in [0.5, 0.6) is 0 Å². The number of hydrogen-bond donors (Lipinski definition) is 0. The molecule has 0 N–H and O–H groups in total. The summed E-state index contributed by atoms with van der Waals surface area (Å²) in [6.07, 6.45) is 12.1. The van der Waals surface area contributed by atoms with Crippen molar-refractivity contribution < 1.29 is 0 Å². The van der Waals surface area contributed by atoms with Crippen LogP contribution in [0.2, 0.25) is 0 Å². The summed E-state index contributed by atoms with van der Waals surface area (Å²) in [4.78, 5) is 0. The van der Waals surface area contributed by atoms with E-state index in [2.05, 4.69) is 30.3 Å². The highest BCUT2D eigenvalue weighted by atomic mass is 14.5. The van der Waals surface area contributed by atoms with Crippen molar-refractivity contribution in [2.75, 3.05) is 0 Å². The summed E-state index contributed by atoms with van der Waals surface area (Å²) < 4.78 is 0. The smallest absolute Gasteiger partial charge is 0.0128 e. The third-order valence-corrected chi connectivity index (χ3v) is 6.39. The molecule has 5 atom stereocenters. The minimum atomic E-state index is 0.882. The fourth-order valence-electron chi connectivity index (χ4n) is 5.75. The molecule has 0 aliphatic heterocycles. The van der Waals surface area contributed by atoms with Crippen LogP contribution in [0.4, 0.5) is 0 Å². The fraction of sp³-hybridized carbons (Fsp3) is 0.684. The third-order valence-electron chi connectivity index (χ3n) is 6.39. The van der Waals surface area contributed by atoms with E-state index in [9.17, 15) is 0 Å². The molecule has 1 aromatic carbocycles. The lowest BCUT2D eigenvalue weighted by Crippen LogP contribution is -2.29. The molecule has 3 aliphatic rings. The second-order valence-corrected chi connectivity index (χ2v) is 7.23. The molecule has 0 bridgehead atoms. The van der Waals surface area contributed by atoms with Gasteiger partial charge in [-0.2, -0.15) is 0 Å². The van der Waals surface area contributed by atoms with Gasteiger partial charge in [-0.1, -0.05) is 62.4 Å². The summed E-state index contributed by atoms with van der Waals surface area (Å²) >= 11 is 0. The van der Waals surface area contributed by atoms with Crippen LogP contribution >= 0.6 is 0 Å². The van der Waals surface area contributed by atoms with Crippen LogP contribution in [-0.4, -0.2) is 0 Å². The van der Waals surface area contributed by atoms with Gasteiger partial charge in [0.2, 0.25) is 0 Å². The minimum Gasteiger partial charge on any atom is -0.0622 e. The lowest BCUT2D eigenvalue weighted by Gasteiger charge is -2.39. The van der Waals surface area contributed by atoms with Crippen LogP contribution in [0.1, 0.15) is 62.8 Å². The zero-order valence-corrected chi connectivity index (χ0v) is 11.9. The Kier molecular flexibility index (Phi) is 3.13. The summed E-state index contributed by atoms with van der Waals surface area (Å²) in [7, 11) is 0. The van der Waals surface area contributed by atoms with Gasteiger partial charge < -0.3 is 0 Å². The summed E-state index contributed by atoms with van der Waals surface area (Å²) in [5.41, 5.74) is 1.64. The van der Waals surface area contributed by atoms with Gasteiger partial charge in [0.15, 0.2) is 0 Å². The summed E-state index contributed by atoms with van der Waals surface area (Å²) in [5.74, 6) is 5.14. The predicted molar refractivity (Wildman–Crippen MR) is 80.1 cm³/mol. The Morgan fingerprint density at radius 2 is 1.53 bits per heavy atom. The van der Waals surface area contributed by atoms with E-state index in [4.69, 9.17) is 0 Å². The highest BCUT2D eigenvalue weighted by Gasteiger charge is 2.48. The molecular formula is C19H26. The van der Waals surface area contributed by atoms with E-state index < -0.39 is 0 Å². The van der Waals surface area contributed by atoms with Crippen LogP contribution in [0.25, 0.3) is 0 Å². The maximum absolute atomic E-state index is 2.39. The molecule has 0 nitrogen and oxygen atoms in total. The van der Waals surface area contributed by atoms with Gasteiger partial charge in [0.25, 0.3) is 0 Å². The Labute approximate surface area is 117 Å². The van der Waals surface area contributed by atoms with Crippen molar-refractivity contribution in [3.05, 3.63) is 35.9 Å². The summed E-state index contributed by atoms with van der Waals surface area (Å²) in [6, 6.07) is 11.4. The van der Waals surface area contributed by atoms with Crippen molar-refractivity contribution in [2.24, 2.45) is 23.7 Å². The maximum Gasteiger partial charge on any atom is -0.0128 e. The monoisotopic (exact) mass is 254 g/mol. The van der Waals surface area contributed by atoms with Crippen molar-refractivity contribution in [3.63, 3.8) is 0 Å². The van der Waals surface area contributed by atoms with Crippen LogP contribution in [0, 0.1) is 23.7 Å². The lowest BCUT2D eigenvalue weighted by molar-refractivity contribution is 0.158. The zero-order valence-electron chi connectivity index (χ0n) is 11.9. The average molecular weight is 254 g/mol. The molecule has 0 aromatic heterocycles. The molecule has 5 unspecified atom stereocenters. The Morgan fingerprint density at radius 1 is 0.737 bits per heavy atom. The van der Waals surface area contributed by atoms with Gasteiger partial charge in [0.1, 0.15) is 0 Å². The molecule has 0 heterocycles. The summed E-state index contributed by atoms with van der Waals surface area (Å²) in [6.45, 7) is 0. The summed E-state index contributed by atoms with van der Waals surface area (Å²) in [5, 5.41) is 0. The molecular weight excluding hydrogens is 228 g/mol. The molecule has 3 saturated carbocycles. The topological polar surface area (TPSA) is 0 Å². The number of fused-ring (bicyclic) bond motifs is 3. The minimum absolute atomic E-state index is 0.882. The van der Waals surface area contributed by atoms with Crippen LogP contribution < -0.4 is 0 Å². The van der Waals surface area contributed by atoms with E-state index in [1.807, 2.05) is 0 Å². The predicted octanol–water partition coefficient (Wildman–Crippen LogP) is 5.40. The van der Waals surface area contributed by atoms with Crippen molar-refractivity contribution in [2.45, 2.75) is 57.3 Å². The normalized spacial score (nSPS) is 41.6. The van der Waals surface area contributed by atoms with Crippen molar-refractivity contribution >= 4 is 0 Å². The van der Waals surface area contributed by atoms with Crippen molar-refractivity contribution in [1.29, 1.82) is 0 Å². The van der Waals surface area contributed by atoms with Crippen molar-refractivity contribution in [1.82, 2.24) is 0 Å². The molecule has 0 spiro atoms. The maximum atomic E-state index is 2.39. The molecule has 4 rings (SSSR count). The molecule has 3 aliphatic carbocycles. The Bertz CT molecular complexity index is 421. The van der Waals surface area contributed by atoms with E-state index >= 15 is 0 Å². The number of hydrogen-bond acceptors (Lipinski definition) is 0. The van der Waals surface area contributed by atoms with E-state index in [0.717, 1.165) is 29.6 Å². The molecule has 3 fully saturated rings. The zero-order chi connectivity index (χ0) is 12.7. The molecule has 19 heavy (non-hydrogen) atoms. The van der Waals surface area contributed by atoms with Gasteiger partial charge in [-0.15, -0.1) is 0 Å². The number of benzene rings is 1. The largest absolute Gasteiger partial charge is 0.0622 e. The van der Waals surface area contributed by atoms with Crippen LogP contribution in [0.3, 0.4) is 0 Å². The first-order valence-corrected chi connectivity index (χ1v) is 8.48. The number of rotatable bonds is 1. The molecule has 102 valence electrons. The van der Waals surface area contributed by atoms with E-state index in [1.165, 1.54) is 38.5 Å². The highest BCUT2D eigenvalue weighted by Crippen LogP contribution is 2.58. The van der Waals surface area contributed by atoms with E-state index in [0.29, 0.717) is 0 Å². The lowest BCUT2D eigenvalue weighted by atomic mass is 9.66. The van der Waals surface area contributed by atoms with E-state index in [1.54, 1.807) is 18.4 Å². The standard InChI is InChI=1S/C19H26/c1-2-7-14(8-3-1)17-12-6-10-16-13-15-9-4-5-11-18(15)19(16)17/h1-3,7-8,15-19H,4-6,9-13H2. The third kappa shape index (κ3) is 2.04. The average Bonchev–Trinajstić information content (AvgIpc) is 2.86. The second kappa shape index (κ2) is 4.96. The van der Waals surface area contributed by atoms with Crippen LogP contribution in [-0.2, 0) is 0 Å². The van der Waals surface area contributed by atoms with Gasteiger partial charge >= 0.3 is 0 Å².